The van der Waals surface area contributed by atoms with Gasteiger partial charge in [0.15, 0.2) is 0 Å². The van der Waals surface area contributed by atoms with Crippen molar-refractivity contribution in [1.29, 1.82) is 0 Å². The Morgan fingerprint density at radius 1 is 1.18 bits per heavy atom. The Labute approximate surface area is 194 Å². The number of hydrogen-bond acceptors (Lipinski definition) is 7. The van der Waals surface area contributed by atoms with E-state index in [1.807, 2.05) is 32.0 Å². The smallest absolute Gasteiger partial charge is 0.394 e. The second-order valence-electron chi connectivity index (χ2n) is 8.13. The van der Waals surface area contributed by atoms with Crippen LogP contribution in [0.5, 0.6) is 5.75 Å². The number of nitrogens with zero attached hydrogens (tertiary/aromatic N) is 3. The molecule has 0 atom stereocenters. The molecule has 1 aromatic carbocycles. The molecule has 0 aliphatic carbocycles. The molecule has 0 amide bonds. The van der Waals surface area contributed by atoms with E-state index in [1.165, 1.54) is 12.8 Å². The van der Waals surface area contributed by atoms with Gasteiger partial charge in [0.2, 0.25) is 0 Å². The topological polar surface area (TPSA) is 145 Å². The number of benzene rings is 1. The molecule has 0 unspecified atom stereocenters. The summed E-state index contributed by atoms with van der Waals surface area (Å²) in [5, 5.41) is 7.40. The zero-order valence-corrected chi connectivity index (χ0v) is 20.1. The van der Waals surface area contributed by atoms with Crippen molar-refractivity contribution in [2.75, 3.05) is 26.2 Å². The van der Waals surface area contributed by atoms with Crippen LogP contribution in [0.25, 0.3) is 10.9 Å². The molecule has 1 fully saturated rings. The van der Waals surface area contributed by atoms with Crippen LogP contribution in [0, 0.1) is 19.8 Å². The van der Waals surface area contributed by atoms with E-state index < -0.39 is 10.4 Å². The summed E-state index contributed by atoms with van der Waals surface area (Å²) in [5.74, 6) is 1.58. The predicted molar refractivity (Wildman–Crippen MR) is 128 cm³/mol. The maximum Gasteiger partial charge on any atom is 0.394 e. The third kappa shape index (κ3) is 9.75. The number of aryl methyl sites for hydroxylation is 1. The lowest BCUT2D eigenvalue weighted by Crippen LogP contribution is -2.28. The fraction of sp³-hybridized carbons (Fsp3) is 0.545. The average molecular weight is 481 g/mol. The zero-order valence-electron chi connectivity index (χ0n) is 19.2. The van der Waals surface area contributed by atoms with Gasteiger partial charge in [0.1, 0.15) is 11.8 Å². The number of aliphatic imine (C=N–C) groups is 1. The molecule has 2 aromatic rings. The summed E-state index contributed by atoms with van der Waals surface area (Å²) in [6.07, 6.45) is 4.24. The van der Waals surface area contributed by atoms with E-state index in [0.717, 1.165) is 59.6 Å². The van der Waals surface area contributed by atoms with Crippen molar-refractivity contribution in [1.82, 2.24) is 9.99 Å². The number of ether oxygens (including phenoxy) is 1. The van der Waals surface area contributed by atoms with Crippen LogP contribution in [0.2, 0.25) is 0 Å². The highest BCUT2D eigenvalue weighted by Gasteiger charge is 2.13. The molecule has 1 aliphatic rings. The van der Waals surface area contributed by atoms with Crippen LogP contribution >= 0.6 is 0 Å². The lowest BCUT2D eigenvalue weighted by molar-refractivity contribution is 0.201. The number of H-pyrrole nitrogens is 1. The number of aromatic nitrogens is 1. The van der Waals surface area contributed by atoms with Crippen molar-refractivity contribution in [3.63, 3.8) is 0 Å². The molecule has 182 valence electrons. The number of aromatic amines is 1. The molecule has 3 N–H and O–H groups in total. The molecule has 10 nitrogen and oxygen atoms in total. The second-order valence-corrected chi connectivity index (χ2v) is 9.03. The highest BCUT2D eigenvalue weighted by Crippen LogP contribution is 2.22. The Morgan fingerprint density at radius 3 is 2.52 bits per heavy atom. The molecular weight excluding hydrogens is 448 g/mol. The molecule has 0 spiro atoms. The minimum absolute atomic E-state index is 0.0410. The Kier molecular flexibility index (Phi) is 10.1. The largest absolute Gasteiger partial charge is 0.494 e. The number of nitrogens with one attached hydrogen (secondary N) is 1. The van der Waals surface area contributed by atoms with Gasteiger partial charge >= 0.3 is 10.4 Å². The monoisotopic (exact) mass is 480 g/mol. The molecule has 0 saturated carbocycles. The maximum atomic E-state index is 11.9. The first-order valence-corrected chi connectivity index (χ1v) is 12.3. The summed E-state index contributed by atoms with van der Waals surface area (Å²) in [6, 6.07) is 8.67. The molecule has 3 rings (SSSR count). The van der Waals surface area contributed by atoms with Gasteiger partial charge in [0.05, 0.1) is 18.7 Å². The van der Waals surface area contributed by atoms with Crippen molar-refractivity contribution in [3.8, 4) is 5.75 Å². The summed E-state index contributed by atoms with van der Waals surface area (Å²) in [5.41, 5.74) is 2.56. The molecule has 2 heterocycles. The van der Waals surface area contributed by atoms with Crippen LogP contribution in [-0.4, -0.2) is 59.8 Å². The molecule has 1 saturated heterocycles. The van der Waals surface area contributed by atoms with Gasteiger partial charge in [0, 0.05) is 30.1 Å². The Morgan fingerprint density at radius 2 is 1.85 bits per heavy atom. The van der Waals surface area contributed by atoms with Crippen molar-refractivity contribution in [2.45, 2.75) is 46.5 Å². The molecule has 1 aliphatic heterocycles. The SMILES string of the molecule is Cc1c(C)c2ccc(OCCCCN=C=NN3CCC(C)CC3)cc2[nH]c1=O.O=S(=O)(O)O. The number of rotatable bonds is 7. The van der Waals surface area contributed by atoms with E-state index in [4.69, 9.17) is 22.3 Å². The van der Waals surface area contributed by atoms with Crippen molar-refractivity contribution < 1.29 is 22.3 Å². The van der Waals surface area contributed by atoms with Crippen molar-refractivity contribution in [3.05, 3.63) is 39.7 Å². The number of pyridine rings is 1. The fourth-order valence-corrected chi connectivity index (χ4v) is 3.35. The minimum Gasteiger partial charge on any atom is -0.494 e. The third-order valence-electron chi connectivity index (χ3n) is 5.50. The molecule has 0 radical (unpaired) electrons. The maximum absolute atomic E-state index is 11.9. The quantitative estimate of drug-likeness (QED) is 0.312. The first-order chi connectivity index (χ1) is 15.5. The van der Waals surface area contributed by atoms with E-state index in [1.54, 1.807) is 0 Å². The van der Waals surface area contributed by atoms with E-state index in [-0.39, 0.29) is 5.56 Å². The van der Waals surface area contributed by atoms with Gasteiger partial charge in [-0.3, -0.25) is 18.9 Å². The summed E-state index contributed by atoms with van der Waals surface area (Å²) in [6.45, 7) is 9.46. The number of piperidine rings is 1. The fourth-order valence-electron chi connectivity index (χ4n) is 3.35. The number of unbranched alkanes of at least 4 members (excludes halogenated alkanes) is 1. The summed E-state index contributed by atoms with van der Waals surface area (Å²) in [4.78, 5) is 19.1. The highest BCUT2D eigenvalue weighted by molar-refractivity contribution is 7.79. The van der Waals surface area contributed by atoms with E-state index in [9.17, 15) is 4.79 Å². The lowest BCUT2D eigenvalue weighted by atomic mass is 10.0. The zero-order chi connectivity index (χ0) is 24.4. The Balaban J connectivity index is 0.000000696. The molecule has 33 heavy (non-hydrogen) atoms. The third-order valence-corrected chi connectivity index (χ3v) is 5.50. The van der Waals surface area contributed by atoms with Crippen molar-refractivity contribution in [2.24, 2.45) is 16.0 Å². The average Bonchev–Trinajstić information content (AvgIpc) is 2.74. The van der Waals surface area contributed by atoms with Crippen LogP contribution < -0.4 is 10.3 Å². The first-order valence-electron chi connectivity index (χ1n) is 10.9. The standard InChI is InChI=1S/C22H30N4O2.H2O4S/c1-16-8-11-26(12-9-16)24-15-23-10-4-5-13-28-19-6-7-20-17(2)18(3)22(27)25-21(20)14-19;1-5(2,3)4/h6-7,14,16H,4-5,8-13H2,1-3H3,(H,25,27);(H2,1,2,3,4). The summed E-state index contributed by atoms with van der Waals surface area (Å²) in [7, 11) is -4.67. The normalized spacial score (nSPS) is 14.3. The van der Waals surface area contributed by atoms with Gasteiger partial charge in [-0.05, 0) is 63.1 Å². The first kappa shape index (κ1) is 26.5. The number of fused-ring (bicyclic) bond motifs is 1. The van der Waals surface area contributed by atoms with Gasteiger partial charge < -0.3 is 9.72 Å². The van der Waals surface area contributed by atoms with Gasteiger partial charge in [-0.2, -0.15) is 8.42 Å². The number of hydrazone groups is 1. The van der Waals surface area contributed by atoms with E-state index in [2.05, 4.69) is 33.0 Å². The molecule has 1 aromatic heterocycles. The van der Waals surface area contributed by atoms with Crippen LogP contribution in [0.3, 0.4) is 0 Å². The molecule has 0 bridgehead atoms. The summed E-state index contributed by atoms with van der Waals surface area (Å²) >= 11 is 0. The van der Waals surface area contributed by atoms with Crippen LogP contribution in [0.4, 0.5) is 0 Å². The van der Waals surface area contributed by atoms with Gasteiger partial charge in [0.25, 0.3) is 5.56 Å². The van der Waals surface area contributed by atoms with Crippen LogP contribution in [-0.2, 0) is 10.4 Å². The Bertz CT molecular complexity index is 1140. The van der Waals surface area contributed by atoms with E-state index in [0.29, 0.717) is 13.2 Å². The van der Waals surface area contributed by atoms with E-state index >= 15 is 0 Å². The van der Waals surface area contributed by atoms with Crippen molar-refractivity contribution >= 4 is 27.3 Å². The molecular formula is C22H32N4O6S. The van der Waals surface area contributed by atoms with Gasteiger partial charge in [-0.15, -0.1) is 5.10 Å². The van der Waals surface area contributed by atoms with Gasteiger partial charge in [-0.1, -0.05) is 6.92 Å². The minimum atomic E-state index is -4.67. The lowest BCUT2D eigenvalue weighted by Gasteiger charge is -2.26. The summed E-state index contributed by atoms with van der Waals surface area (Å²) < 4.78 is 37.4. The van der Waals surface area contributed by atoms with Gasteiger partial charge in [-0.25, -0.2) is 4.99 Å². The Hall–Kier alpha value is -2.72. The number of hydrogen-bond donors (Lipinski definition) is 3. The second kappa shape index (κ2) is 12.5. The molecule has 11 heteroatoms. The predicted octanol–water partition coefficient (Wildman–Crippen LogP) is 3.47. The van der Waals surface area contributed by atoms with Crippen LogP contribution in [0.1, 0.15) is 43.7 Å². The highest BCUT2D eigenvalue weighted by atomic mass is 32.3. The van der Waals surface area contributed by atoms with Crippen LogP contribution in [0.15, 0.2) is 33.1 Å².